The van der Waals surface area contributed by atoms with Crippen molar-refractivity contribution in [3.05, 3.63) is 87.4 Å². The Morgan fingerprint density at radius 1 is 0.972 bits per heavy atom. The molecule has 1 aliphatic carbocycles. The number of hydrogen-bond donors (Lipinski definition) is 4. The van der Waals surface area contributed by atoms with Crippen LogP contribution in [-0.2, 0) is 12.8 Å². The standard InChI is InChI=1S/C28H32BrN5O2/c1-34(2)15-14-25(33-28(36)31-23-12-10-18-4-3-5-21(18)16-23)19-6-8-20(9-7-19)27(35)32-26-17-22(29)11-13-24(26)30/h6-13,16-17,25H,3-5,14-15,30H2,1-2H3,(H,32,35)(H2,31,33,36). The van der Waals surface area contributed by atoms with Gasteiger partial charge in [0.1, 0.15) is 0 Å². The van der Waals surface area contributed by atoms with Gasteiger partial charge in [-0.25, -0.2) is 4.79 Å². The van der Waals surface area contributed by atoms with Crippen LogP contribution >= 0.6 is 15.9 Å². The molecule has 1 unspecified atom stereocenters. The Bertz CT molecular complexity index is 1240. The van der Waals surface area contributed by atoms with Crippen LogP contribution in [0.5, 0.6) is 0 Å². The number of nitrogens with two attached hydrogens (primary N) is 1. The van der Waals surface area contributed by atoms with Crippen LogP contribution in [-0.4, -0.2) is 37.5 Å². The van der Waals surface area contributed by atoms with Crippen molar-refractivity contribution in [3.8, 4) is 0 Å². The van der Waals surface area contributed by atoms with E-state index in [0.29, 0.717) is 16.9 Å². The number of nitrogens with one attached hydrogen (secondary N) is 3. The highest BCUT2D eigenvalue weighted by atomic mass is 79.9. The topological polar surface area (TPSA) is 99.5 Å². The van der Waals surface area contributed by atoms with Crippen molar-refractivity contribution in [3.63, 3.8) is 0 Å². The van der Waals surface area contributed by atoms with Gasteiger partial charge < -0.3 is 26.6 Å². The fourth-order valence-electron chi connectivity index (χ4n) is 4.38. The van der Waals surface area contributed by atoms with Crippen molar-refractivity contribution in [1.82, 2.24) is 10.2 Å². The van der Waals surface area contributed by atoms with Gasteiger partial charge in [0, 0.05) is 15.7 Å². The van der Waals surface area contributed by atoms with Crippen molar-refractivity contribution in [2.45, 2.75) is 31.7 Å². The summed E-state index contributed by atoms with van der Waals surface area (Å²) in [7, 11) is 4.01. The molecular formula is C28H32BrN5O2. The minimum absolute atomic E-state index is 0.209. The van der Waals surface area contributed by atoms with Crippen molar-refractivity contribution < 1.29 is 9.59 Å². The summed E-state index contributed by atoms with van der Waals surface area (Å²) < 4.78 is 0.829. The first kappa shape index (κ1) is 25.7. The number of carbonyl (C=O) groups excluding carboxylic acids is 2. The number of urea groups is 1. The lowest BCUT2D eigenvalue weighted by molar-refractivity contribution is 0.102. The van der Waals surface area contributed by atoms with Gasteiger partial charge in [0.25, 0.3) is 5.91 Å². The molecule has 0 spiro atoms. The second kappa shape index (κ2) is 11.6. The number of fused-ring (bicyclic) bond motifs is 1. The summed E-state index contributed by atoms with van der Waals surface area (Å²) in [5.41, 5.74) is 11.9. The number of rotatable bonds is 8. The van der Waals surface area contributed by atoms with Gasteiger partial charge in [-0.2, -0.15) is 0 Å². The van der Waals surface area contributed by atoms with E-state index in [-0.39, 0.29) is 18.0 Å². The number of nitrogens with zero attached hydrogens (tertiary/aromatic N) is 1. The van der Waals surface area contributed by atoms with Gasteiger partial charge >= 0.3 is 6.03 Å². The second-order valence-electron chi connectivity index (χ2n) is 9.39. The van der Waals surface area contributed by atoms with Crippen LogP contribution in [0.1, 0.15) is 45.9 Å². The molecule has 0 heterocycles. The van der Waals surface area contributed by atoms with Crippen molar-refractivity contribution in [2.24, 2.45) is 0 Å². The first-order valence-corrected chi connectivity index (χ1v) is 12.9. The number of anilines is 3. The van der Waals surface area contributed by atoms with Gasteiger partial charge in [0.15, 0.2) is 0 Å². The molecule has 0 saturated carbocycles. The van der Waals surface area contributed by atoms with E-state index in [4.69, 9.17) is 5.73 Å². The number of aryl methyl sites for hydroxylation is 2. The quantitative estimate of drug-likeness (QED) is 0.275. The summed E-state index contributed by atoms with van der Waals surface area (Å²) in [5, 5.41) is 8.94. The molecule has 5 N–H and O–H groups in total. The number of amides is 3. The van der Waals surface area contributed by atoms with Crippen LogP contribution in [0.2, 0.25) is 0 Å². The molecular weight excluding hydrogens is 518 g/mol. The maximum atomic E-state index is 12.9. The zero-order chi connectivity index (χ0) is 25.7. The normalized spacial score (nSPS) is 13.2. The maximum Gasteiger partial charge on any atom is 0.319 e. The zero-order valence-corrected chi connectivity index (χ0v) is 22.2. The molecule has 7 nitrogen and oxygen atoms in total. The van der Waals surface area contributed by atoms with Crippen LogP contribution in [0.3, 0.4) is 0 Å². The summed E-state index contributed by atoms with van der Waals surface area (Å²) in [6.45, 7) is 0.800. The first-order valence-electron chi connectivity index (χ1n) is 12.1. The van der Waals surface area contributed by atoms with E-state index >= 15 is 0 Å². The Morgan fingerprint density at radius 3 is 2.47 bits per heavy atom. The Labute approximate surface area is 220 Å². The van der Waals surface area contributed by atoms with E-state index in [1.807, 2.05) is 38.4 Å². The van der Waals surface area contributed by atoms with Crippen molar-refractivity contribution in [1.29, 1.82) is 0 Å². The van der Waals surface area contributed by atoms with Crippen LogP contribution in [0.15, 0.2) is 65.1 Å². The molecule has 8 heteroatoms. The molecule has 0 aliphatic heterocycles. The molecule has 3 aromatic carbocycles. The third kappa shape index (κ3) is 6.65. The lowest BCUT2D eigenvalue weighted by Gasteiger charge is -2.22. The van der Waals surface area contributed by atoms with Gasteiger partial charge in [0.2, 0.25) is 0 Å². The van der Waals surface area contributed by atoms with Gasteiger partial charge in [-0.1, -0.05) is 34.1 Å². The molecule has 0 radical (unpaired) electrons. The molecule has 0 bridgehead atoms. The minimum Gasteiger partial charge on any atom is -0.397 e. The summed E-state index contributed by atoms with van der Waals surface area (Å²) in [4.78, 5) is 27.7. The Kier molecular flexibility index (Phi) is 8.28. The highest BCUT2D eigenvalue weighted by Gasteiger charge is 2.18. The van der Waals surface area contributed by atoms with Gasteiger partial charge in [-0.05, 0) is 105 Å². The maximum absolute atomic E-state index is 12.9. The third-order valence-corrected chi connectivity index (χ3v) is 6.86. The molecule has 1 atom stereocenters. The van der Waals surface area contributed by atoms with Crippen LogP contribution < -0.4 is 21.7 Å². The highest BCUT2D eigenvalue weighted by molar-refractivity contribution is 9.10. The molecule has 0 fully saturated rings. The molecule has 36 heavy (non-hydrogen) atoms. The number of halogens is 1. The summed E-state index contributed by atoms with van der Waals surface area (Å²) in [6.07, 6.45) is 4.07. The highest BCUT2D eigenvalue weighted by Crippen LogP contribution is 2.26. The van der Waals surface area contributed by atoms with E-state index < -0.39 is 0 Å². The smallest absolute Gasteiger partial charge is 0.319 e. The molecule has 4 rings (SSSR count). The first-order chi connectivity index (χ1) is 17.3. The van der Waals surface area contributed by atoms with E-state index in [0.717, 1.165) is 41.5 Å². The predicted octanol–water partition coefficient (Wildman–Crippen LogP) is 5.59. The second-order valence-corrected chi connectivity index (χ2v) is 10.3. The largest absolute Gasteiger partial charge is 0.397 e. The monoisotopic (exact) mass is 549 g/mol. The average molecular weight is 551 g/mol. The summed E-state index contributed by atoms with van der Waals surface area (Å²) in [5.74, 6) is -0.251. The van der Waals surface area contributed by atoms with Crippen molar-refractivity contribution >= 4 is 44.9 Å². The minimum atomic E-state index is -0.251. The van der Waals surface area contributed by atoms with E-state index in [1.54, 1.807) is 24.3 Å². The van der Waals surface area contributed by atoms with Gasteiger partial charge in [-0.15, -0.1) is 0 Å². The van der Waals surface area contributed by atoms with E-state index in [9.17, 15) is 9.59 Å². The molecule has 0 aromatic heterocycles. The fraction of sp³-hybridized carbons (Fsp3) is 0.286. The summed E-state index contributed by atoms with van der Waals surface area (Å²) in [6, 6.07) is 18.3. The van der Waals surface area contributed by atoms with Gasteiger partial charge in [0.05, 0.1) is 17.4 Å². The number of carbonyl (C=O) groups is 2. The number of nitrogen functional groups attached to an aromatic ring is 1. The predicted molar refractivity (Wildman–Crippen MR) is 149 cm³/mol. The lowest BCUT2D eigenvalue weighted by Crippen LogP contribution is -2.34. The molecule has 188 valence electrons. The van der Waals surface area contributed by atoms with E-state index in [2.05, 4.69) is 48.9 Å². The zero-order valence-electron chi connectivity index (χ0n) is 20.6. The van der Waals surface area contributed by atoms with Crippen LogP contribution in [0.4, 0.5) is 21.9 Å². The third-order valence-electron chi connectivity index (χ3n) is 6.37. The number of benzene rings is 3. The summed E-state index contributed by atoms with van der Waals surface area (Å²) >= 11 is 3.40. The Morgan fingerprint density at radius 2 is 1.72 bits per heavy atom. The molecule has 3 amide bonds. The number of hydrogen-bond acceptors (Lipinski definition) is 4. The average Bonchev–Trinajstić information content (AvgIpc) is 3.32. The SMILES string of the molecule is CN(C)CCC(NC(=O)Nc1ccc2c(c1)CCC2)c1ccc(C(=O)Nc2cc(Br)ccc2N)cc1. The fourth-order valence-corrected chi connectivity index (χ4v) is 4.74. The Balaban J connectivity index is 1.44. The van der Waals surface area contributed by atoms with Crippen molar-refractivity contribution in [2.75, 3.05) is 37.0 Å². The van der Waals surface area contributed by atoms with Crippen LogP contribution in [0, 0.1) is 0 Å². The molecule has 3 aromatic rings. The molecule has 1 aliphatic rings. The van der Waals surface area contributed by atoms with E-state index in [1.165, 1.54) is 17.5 Å². The molecule has 0 saturated heterocycles. The van der Waals surface area contributed by atoms with Crippen LogP contribution in [0.25, 0.3) is 0 Å². The Hall–Kier alpha value is -3.36. The van der Waals surface area contributed by atoms with Gasteiger partial charge in [-0.3, -0.25) is 4.79 Å². The lowest BCUT2D eigenvalue weighted by atomic mass is 10.0.